The SMILES string of the molecule is CC(C)(C)OC(=O)NCCC#Cc1ccccc1S(N)(=O)=O. The molecule has 0 heterocycles. The number of hydrogen-bond acceptors (Lipinski definition) is 4. The summed E-state index contributed by atoms with van der Waals surface area (Å²) < 4.78 is 27.9. The maximum atomic E-state index is 11.4. The van der Waals surface area contributed by atoms with E-state index in [1.165, 1.54) is 6.07 Å². The molecule has 1 aromatic rings. The number of amides is 1. The fourth-order valence-corrected chi connectivity index (χ4v) is 2.21. The molecule has 1 aromatic carbocycles. The second-order valence-electron chi connectivity index (χ2n) is 5.52. The number of primary sulfonamides is 1. The summed E-state index contributed by atoms with van der Waals surface area (Å²) in [5.41, 5.74) is -0.216. The molecule has 6 nitrogen and oxygen atoms in total. The van der Waals surface area contributed by atoms with Crippen LogP contribution >= 0.6 is 0 Å². The van der Waals surface area contributed by atoms with Crippen LogP contribution in [0.1, 0.15) is 32.8 Å². The second kappa shape index (κ2) is 7.29. The van der Waals surface area contributed by atoms with Gasteiger partial charge in [-0.15, -0.1) is 0 Å². The Hall–Kier alpha value is -2.04. The largest absolute Gasteiger partial charge is 0.444 e. The van der Waals surface area contributed by atoms with Gasteiger partial charge in [-0.25, -0.2) is 18.4 Å². The molecule has 0 fully saturated rings. The highest BCUT2D eigenvalue weighted by atomic mass is 32.2. The van der Waals surface area contributed by atoms with Gasteiger partial charge in [0.2, 0.25) is 10.0 Å². The molecule has 0 radical (unpaired) electrons. The van der Waals surface area contributed by atoms with Crippen molar-refractivity contribution in [2.24, 2.45) is 5.14 Å². The van der Waals surface area contributed by atoms with Gasteiger partial charge in [0.1, 0.15) is 5.60 Å². The minimum absolute atomic E-state index is 0.0115. The van der Waals surface area contributed by atoms with Crippen LogP contribution in [-0.2, 0) is 14.8 Å². The predicted molar refractivity (Wildman–Crippen MR) is 83.5 cm³/mol. The number of ether oxygens (including phenoxy) is 1. The molecular formula is C15H20N2O4S. The van der Waals surface area contributed by atoms with Crippen molar-refractivity contribution in [1.82, 2.24) is 5.32 Å². The van der Waals surface area contributed by atoms with Crippen LogP contribution in [0.3, 0.4) is 0 Å². The number of carbonyl (C=O) groups excluding carboxylic acids is 1. The van der Waals surface area contributed by atoms with E-state index < -0.39 is 21.7 Å². The van der Waals surface area contributed by atoms with E-state index in [4.69, 9.17) is 9.88 Å². The van der Waals surface area contributed by atoms with E-state index in [1.54, 1.807) is 39.0 Å². The quantitative estimate of drug-likeness (QED) is 0.651. The maximum Gasteiger partial charge on any atom is 0.407 e. The first-order valence-corrected chi connectivity index (χ1v) is 8.22. The van der Waals surface area contributed by atoms with Crippen molar-refractivity contribution in [2.45, 2.75) is 37.7 Å². The van der Waals surface area contributed by atoms with E-state index in [2.05, 4.69) is 17.2 Å². The van der Waals surface area contributed by atoms with Crippen LogP contribution in [0.4, 0.5) is 4.79 Å². The van der Waals surface area contributed by atoms with E-state index in [0.717, 1.165) is 0 Å². The minimum Gasteiger partial charge on any atom is -0.444 e. The Morgan fingerprint density at radius 2 is 1.95 bits per heavy atom. The topological polar surface area (TPSA) is 98.5 Å². The van der Waals surface area contributed by atoms with Gasteiger partial charge in [-0.1, -0.05) is 24.0 Å². The number of alkyl carbamates (subject to hydrolysis) is 1. The second-order valence-corrected chi connectivity index (χ2v) is 7.05. The molecule has 7 heteroatoms. The number of carbonyl (C=O) groups is 1. The third kappa shape index (κ3) is 6.61. The summed E-state index contributed by atoms with van der Waals surface area (Å²) in [6.45, 7) is 5.63. The monoisotopic (exact) mass is 324 g/mol. The van der Waals surface area contributed by atoms with Gasteiger partial charge in [0.05, 0.1) is 4.90 Å². The lowest BCUT2D eigenvalue weighted by atomic mass is 10.2. The van der Waals surface area contributed by atoms with Crippen molar-refractivity contribution < 1.29 is 17.9 Å². The molecule has 1 rings (SSSR count). The maximum absolute atomic E-state index is 11.4. The zero-order chi connectivity index (χ0) is 16.8. The Morgan fingerprint density at radius 1 is 1.32 bits per heavy atom. The number of nitrogens with one attached hydrogen (secondary N) is 1. The molecule has 1 amide bonds. The van der Waals surface area contributed by atoms with E-state index >= 15 is 0 Å². The molecule has 120 valence electrons. The zero-order valence-corrected chi connectivity index (χ0v) is 13.7. The van der Waals surface area contributed by atoms with Crippen LogP contribution in [0.15, 0.2) is 29.2 Å². The van der Waals surface area contributed by atoms with E-state index in [1.807, 2.05) is 0 Å². The molecule has 3 N–H and O–H groups in total. The highest BCUT2D eigenvalue weighted by molar-refractivity contribution is 7.89. The molecule has 0 unspecified atom stereocenters. The lowest BCUT2D eigenvalue weighted by Gasteiger charge is -2.19. The average molecular weight is 324 g/mol. The van der Waals surface area contributed by atoms with Crippen LogP contribution in [0.5, 0.6) is 0 Å². The smallest absolute Gasteiger partial charge is 0.407 e. The van der Waals surface area contributed by atoms with Gasteiger partial charge in [0.25, 0.3) is 0 Å². The molecule has 0 saturated heterocycles. The molecular weight excluding hydrogens is 304 g/mol. The summed E-state index contributed by atoms with van der Waals surface area (Å²) in [4.78, 5) is 11.4. The van der Waals surface area contributed by atoms with Gasteiger partial charge in [0.15, 0.2) is 0 Å². The Balaban J connectivity index is 2.58. The van der Waals surface area contributed by atoms with E-state index in [-0.39, 0.29) is 4.90 Å². The average Bonchev–Trinajstić information content (AvgIpc) is 2.35. The van der Waals surface area contributed by atoms with Crippen LogP contribution in [-0.4, -0.2) is 26.7 Å². The van der Waals surface area contributed by atoms with Crippen molar-refractivity contribution >= 4 is 16.1 Å². The summed E-state index contributed by atoms with van der Waals surface area (Å²) >= 11 is 0. The molecule has 0 aliphatic carbocycles. The van der Waals surface area contributed by atoms with Gasteiger partial charge in [0, 0.05) is 18.5 Å². The minimum atomic E-state index is -3.80. The summed E-state index contributed by atoms with van der Waals surface area (Å²) in [5.74, 6) is 5.53. The molecule has 0 bridgehead atoms. The molecule has 22 heavy (non-hydrogen) atoms. The first-order valence-electron chi connectivity index (χ1n) is 6.67. The Labute approximate surface area is 131 Å². The lowest BCUT2D eigenvalue weighted by Crippen LogP contribution is -2.32. The summed E-state index contributed by atoms with van der Waals surface area (Å²) in [6.07, 6.45) is -0.155. The Kier molecular flexibility index (Phi) is 5.97. The molecule has 0 aliphatic rings. The molecule has 0 saturated carbocycles. The first-order chi connectivity index (χ1) is 10.1. The predicted octanol–water partition coefficient (Wildman–Crippen LogP) is 1.60. The normalized spacial score (nSPS) is 11.3. The van der Waals surface area contributed by atoms with Gasteiger partial charge in [-0.05, 0) is 32.9 Å². The van der Waals surface area contributed by atoms with Gasteiger partial charge in [-0.3, -0.25) is 0 Å². The molecule has 0 atom stereocenters. The summed E-state index contributed by atoms with van der Waals surface area (Å²) in [7, 11) is -3.80. The fraction of sp³-hybridized carbons (Fsp3) is 0.400. The third-order valence-corrected chi connectivity index (χ3v) is 3.30. The van der Waals surface area contributed by atoms with Crippen LogP contribution < -0.4 is 10.5 Å². The van der Waals surface area contributed by atoms with E-state index in [0.29, 0.717) is 18.5 Å². The molecule has 0 aromatic heterocycles. The zero-order valence-electron chi connectivity index (χ0n) is 12.8. The highest BCUT2D eigenvalue weighted by Gasteiger charge is 2.15. The first kappa shape index (κ1) is 18.0. The number of rotatable bonds is 3. The highest BCUT2D eigenvalue weighted by Crippen LogP contribution is 2.12. The summed E-state index contributed by atoms with van der Waals surface area (Å²) in [5, 5.41) is 7.68. The fourth-order valence-electron chi connectivity index (χ4n) is 1.52. The number of hydrogen-bond donors (Lipinski definition) is 2. The van der Waals surface area contributed by atoms with Gasteiger partial charge < -0.3 is 10.1 Å². The van der Waals surface area contributed by atoms with Crippen molar-refractivity contribution in [3.63, 3.8) is 0 Å². The van der Waals surface area contributed by atoms with Gasteiger partial charge >= 0.3 is 6.09 Å². The van der Waals surface area contributed by atoms with Crippen LogP contribution in [0, 0.1) is 11.8 Å². The van der Waals surface area contributed by atoms with Crippen molar-refractivity contribution in [2.75, 3.05) is 6.54 Å². The number of benzene rings is 1. The number of sulfonamides is 1. The third-order valence-electron chi connectivity index (χ3n) is 2.33. The Bertz CT molecular complexity index is 694. The van der Waals surface area contributed by atoms with Crippen molar-refractivity contribution in [3.05, 3.63) is 29.8 Å². The van der Waals surface area contributed by atoms with Crippen molar-refractivity contribution in [3.8, 4) is 11.8 Å². The van der Waals surface area contributed by atoms with Crippen LogP contribution in [0.25, 0.3) is 0 Å². The molecule has 0 spiro atoms. The van der Waals surface area contributed by atoms with Crippen molar-refractivity contribution in [1.29, 1.82) is 0 Å². The Morgan fingerprint density at radius 3 is 2.55 bits per heavy atom. The molecule has 0 aliphatic heterocycles. The standard InChI is InChI=1S/C15H20N2O4S/c1-15(2,3)21-14(18)17-11-7-6-9-12-8-4-5-10-13(12)22(16,19)20/h4-5,8,10H,7,11H2,1-3H3,(H,17,18)(H2,16,19,20). The van der Waals surface area contributed by atoms with E-state index in [9.17, 15) is 13.2 Å². The van der Waals surface area contributed by atoms with Crippen LogP contribution in [0.2, 0.25) is 0 Å². The van der Waals surface area contributed by atoms with Gasteiger partial charge in [-0.2, -0.15) is 0 Å². The number of nitrogens with two attached hydrogens (primary N) is 1. The summed E-state index contributed by atoms with van der Waals surface area (Å²) in [6, 6.07) is 6.24. The lowest BCUT2D eigenvalue weighted by molar-refractivity contribution is 0.0529.